The fourth-order valence-corrected chi connectivity index (χ4v) is 4.70. The Balaban J connectivity index is 1.85. The maximum Gasteiger partial charge on any atom is 0.297 e. The minimum Gasteiger partial charge on any atom is -0.500 e. The van der Waals surface area contributed by atoms with E-state index in [1.54, 1.807) is 4.57 Å². The Morgan fingerprint density at radius 1 is 0.974 bits per heavy atom. The molecule has 0 aliphatic carbocycles. The third kappa shape index (κ3) is 9.35. The topological polar surface area (TPSA) is 63.5 Å². The molecule has 2 N–H and O–H groups in total. The second kappa shape index (κ2) is 15.8. The molecule has 5 nitrogen and oxygen atoms in total. The zero-order chi connectivity index (χ0) is 28.0. The molecule has 0 amide bonds. The Morgan fingerprint density at radius 2 is 1.72 bits per heavy atom. The number of ether oxygens (including phenoxy) is 1. The van der Waals surface area contributed by atoms with E-state index in [-0.39, 0.29) is 11.5 Å². The van der Waals surface area contributed by atoms with E-state index in [0.29, 0.717) is 19.7 Å². The van der Waals surface area contributed by atoms with Crippen LogP contribution in [0.3, 0.4) is 0 Å². The van der Waals surface area contributed by atoms with Gasteiger partial charge in [0.25, 0.3) is 5.56 Å². The Bertz CT molecular complexity index is 1300. The summed E-state index contributed by atoms with van der Waals surface area (Å²) in [5.41, 5.74) is 5.03. The number of hydrogen-bond donors (Lipinski definition) is 2. The summed E-state index contributed by atoms with van der Waals surface area (Å²) < 4.78 is 7.76. The molecule has 1 heterocycles. The maximum atomic E-state index is 13.4. The van der Waals surface area contributed by atoms with Crippen LogP contribution in [0.1, 0.15) is 84.6 Å². The average Bonchev–Trinajstić information content (AvgIpc) is 2.93. The average molecular weight is 531 g/mol. The van der Waals surface area contributed by atoms with Gasteiger partial charge in [0, 0.05) is 24.2 Å². The van der Waals surface area contributed by atoms with E-state index in [1.165, 1.54) is 36.0 Å². The van der Waals surface area contributed by atoms with E-state index < -0.39 is 5.56 Å². The van der Waals surface area contributed by atoms with Crippen molar-refractivity contribution in [2.75, 3.05) is 11.9 Å². The number of aryl methyl sites for hydroxylation is 1. The number of hydrogen-bond acceptors (Lipinski definition) is 4. The fourth-order valence-electron chi connectivity index (χ4n) is 4.70. The molecule has 0 aliphatic rings. The molecule has 1 aromatic heterocycles. The number of anilines is 1. The summed E-state index contributed by atoms with van der Waals surface area (Å²) in [7, 11) is 0. The predicted molar refractivity (Wildman–Crippen MR) is 165 cm³/mol. The second-order valence-electron chi connectivity index (χ2n) is 10.7. The number of pyridine rings is 1. The molecular weight excluding hydrogens is 484 g/mol. The normalized spacial score (nSPS) is 11.5. The van der Waals surface area contributed by atoms with Gasteiger partial charge in [-0.3, -0.25) is 4.79 Å². The Morgan fingerprint density at radius 3 is 2.46 bits per heavy atom. The molecular formula is C34H46N2O3. The van der Waals surface area contributed by atoms with Crippen molar-refractivity contribution in [1.82, 2.24) is 4.57 Å². The van der Waals surface area contributed by atoms with Crippen LogP contribution in [0.15, 0.2) is 76.6 Å². The third-order valence-electron chi connectivity index (χ3n) is 7.02. The van der Waals surface area contributed by atoms with Crippen LogP contribution in [0.25, 0.3) is 10.9 Å². The Labute approximate surface area is 234 Å². The van der Waals surface area contributed by atoms with E-state index in [2.05, 4.69) is 51.2 Å². The summed E-state index contributed by atoms with van der Waals surface area (Å²) in [6.45, 7) is 10.1. The number of benzene rings is 2. The van der Waals surface area contributed by atoms with Crippen molar-refractivity contribution in [2.45, 2.75) is 92.2 Å². The molecule has 0 saturated carbocycles. The smallest absolute Gasteiger partial charge is 0.297 e. The summed E-state index contributed by atoms with van der Waals surface area (Å²) in [5, 5.41) is 15.2. The van der Waals surface area contributed by atoms with E-state index >= 15 is 0 Å². The van der Waals surface area contributed by atoms with E-state index in [4.69, 9.17) is 4.74 Å². The molecule has 3 rings (SSSR count). The van der Waals surface area contributed by atoms with Gasteiger partial charge < -0.3 is 19.7 Å². The number of rotatable bonds is 16. The Kier molecular flexibility index (Phi) is 12.2. The van der Waals surface area contributed by atoms with Gasteiger partial charge in [-0.25, -0.2) is 0 Å². The van der Waals surface area contributed by atoms with Gasteiger partial charge >= 0.3 is 0 Å². The molecule has 5 heteroatoms. The predicted octanol–water partition coefficient (Wildman–Crippen LogP) is 8.75. The lowest BCUT2D eigenvalue weighted by molar-refractivity contribution is 0.334. The van der Waals surface area contributed by atoms with Crippen LogP contribution < -0.4 is 15.6 Å². The van der Waals surface area contributed by atoms with Crippen molar-refractivity contribution in [3.8, 4) is 11.5 Å². The van der Waals surface area contributed by atoms with Crippen LogP contribution in [0.2, 0.25) is 0 Å². The molecule has 2 aromatic carbocycles. The van der Waals surface area contributed by atoms with Crippen LogP contribution in [-0.4, -0.2) is 16.3 Å². The molecule has 0 saturated heterocycles. The van der Waals surface area contributed by atoms with Gasteiger partial charge in [0.05, 0.1) is 5.52 Å². The summed E-state index contributed by atoms with van der Waals surface area (Å²) >= 11 is 0. The SMILES string of the molecule is CCCCCCCCn1c(=O)c(O)c(OCC=C(C)CCC=C(C)C)c2ccc(NCc3ccccc3)cc21. The quantitative estimate of drug-likeness (QED) is 0.144. The number of nitrogens with one attached hydrogen (secondary N) is 1. The van der Waals surface area contributed by atoms with Crippen molar-refractivity contribution >= 4 is 16.6 Å². The highest BCUT2D eigenvalue weighted by Crippen LogP contribution is 2.34. The van der Waals surface area contributed by atoms with Crippen molar-refractivity contribution in [3.05, 3.63) is 87.7 Å². The lowest BCUT2D eigenvalue weighted by Gasteiger charge is -2.17. The van der Waals surface area contributed by atoms with Gasteiger partial charge in [-0.1, -0.05) is 86.6 Å². The number of unbranched alkanes of at least 4 members (excludes halogenated alkanes) is 5. The highest BCUT2D eigenvalue weighted by molar-refractivity contribution is 5.90. The number of fused-ring (bicyclic) bond motifs is 1. The van der Waals surface area contributed by atoms with E-state index in [0.717, 1.165) is 48.7 Å². The lowest BCUT2D eigenvalue weighted by atomic mass is 10.1. The fraction of sp³-hybridized carbons (Fsp3) is 0.441. The molecule has 0 atom stereocenters. The zero-order valence-electron chi connectivity index (χ0n) is 24.3. The molecule has 0 unspecified atom stereocenters. The molecule has 39 heavy (non-hydrogen) atoms. The van der Waals surface area contributed by atoms with Crippen molar-refractivity contribution in [3.63, 3.8) is 0 Å². The molecule has 3 aromatic rings. The highest BCUT2D eigenvalue weighted by Gasteiger charge is 2.18. The summed E-state index contributed by atoms with van der Waals surface area (Å²) in [5.74, 6) is -0.0498. The Hall–Kier alpha value is -3.47. The summed E-state index contributed by atoms with van der Waals surface area (Å²) in [4.78, 5) is 13.4. The minimum atomic E-state index is -0.393. The summed E-state index contributed by atoms with van der Waals surface area (Å²) in [6.07, 6.45) is 13.0. The first kappa shape index (κ1) is 30.1. The van der Waals surface area contributed by atoms with Crippen LogP contribution in [0, 0.1) is 0 Å². The molecule has 0 spiro atoms. The lowest BCUT2D eigenvalue weighted by Crippen LogP contribution is -2.21. The van der Waals surface area contributed by atoms with Crippen LogP contribution in [0.4, 0.5) is 5.69 Å². The first-order valence-corrected chi connectivity index (χ1v) is 14.5. The molecule has 210 valence electrons. The number of aromatic hydroxyl groups is 1. The van der Waals surface area contributed by atoms with Crippen molar-refractivity contribution < 1.29 is 9.84 Å². The van der Waals surface area contributed by atoms with Crippen molar-refractivity contribution in [2.24, 2.45) is 0 Å². The van der Waals surface area contributed by atoms with Gasteiger partial charge in [0.2, 0.25) is 5.75 Å². The second-order valence-corrected chi connectivity index (χ2v) is 10.7. The number of allylic oxidation sites excluding steroid dienone is 3. The van der Waals surface area contributed by atoms with Crippen LogP contribution in [-0.2, 0) is 13.1 Å². The van der Waals surface area contributed by atoms with Gasteiger partial charge in [0.15, 0.2) is 5.75 Å². The molecule has 0 radical (unpaired) electrons. The minimum absolute atomic E-state index is 0.261. The van der Waals surface area contributed by atoms with Gasteiger partial charge in [-0.05, 0) is 69.9 Å². The number of nitrogens with zero attached hydrogens (tertiary/aromatic N) is 1. The summed E-state index contributed by atoms with van der Waals surface area (Å²) in [6, 6.07) is 16.2. The largest absolute Gasteiger partial charge is 0.500 e. The first-order chi connectivity index (χ1) is 18.9. The van der Waals surface area contributed by atoms with E-state index in [1.807, 2.05) is 42.5 Å². The third-order valence-corrected chi connectivity index (χ3v) is 7.02. The maximum absolute atomic E-state index is 13.4. The van der Waals surface area contributed by atoms with Gasteiger partial charge in [0.1, 0.15) is 6.61 Å². The van der Waals surface area contributed by atoms with Gasteiger partial charge in [-0.15, -0.1) is 0 Å². The monoisotopic (exact) mass is 530 g/mol. The van der Waals surface area contributed by atoms with Crippen LogP contribution >= 0.6 is 0 Å². The van der Waals surface area contributed by atoms with Crippen LogP contribution in [0.5, 0.6) is 11.5 Å². The molecule has 0 bridgehead atoms. The zero-order valence-corrected chi connectivity index (χ0v) is 24.3. The molecule has 0 fully saturated rings. The van der Waals surface area contributed by atoms with Crippen molar-refractivity contribution in [1.29, 1.82) is 0 Å². The highest BCUT2D eigenvalue weighted by atomic mass is 16.5. The molecule has 0 aliphatic heterocycles. The standard InChI is InChI=1S/C34H46N2O3/c1-5-6-7-8-9-13-22-36-31-24-29(35-25-28-17-11-10-12-18-28)19-20-30(31)33(32(37)34(36)38)39-23-21-27(4)16-14-15-26(2)3/h10-12,15,17-21,24,35,37H,5-9,13-14,16,22-23,25H2,1-4H3. The first-order valence-electron chi connectivity index (χ1n) is 14.5. The van der Waals surface area contributed by atoms with E-state index in [9.17, 15) is 9.90 Å². The number of aromatic nitrogens is 1. The van der Waals surface area contributed by atoms with Gasteiger partial charge in [-0.2, -0.15) is 0 Å².